The lowest BCUT2D eigenvalue weighted by Crippen LogP contribution is -2.12. The van der Waals surface area contributed by atoms with Crippen molar-refractivity contribution in [3.8, 4) is 11.5 Å². The summed E-state index contributed by atoms with van der Waals surface area (Å²) in [6.45, 7) is -0.0544. The van der Waals surface area contributed by atoms with Gasteiger partial charge in [0.1, 0.15) is 31.7 Å². The fourth-order valence-electron chi connectivity index (χ4n) is 4.30. The van der Waals surface area contributed by atoms with Gasteiger partial charge in [-0.1, -0.05) is 12.1 Å². The van der Waals surface area contributed by atoms with Crippen LogP contribution in [-0.2, 0) is 20.2 Å². The summed E-state index contributed by atoms with van der Waals surface area (Å²) in [6.07, 6.45) is 0. The van der Waals surface area contributed by atoms with E-state index in [1.54, 1.807) is 36.4 Å². The minimum absolute atomic E-state index is 0.0768. The van der Waals surface area contributed by atoms with Crippen LogP contribution in [0.5, 0.6) is 11.5 Å². The number of azo groups is 2. The van der Waals surface area contributed by atoms with Crippen molar-refractivity contribution >= 4 is 72.2 Å². The molecule has 0 radical (unpaired) electrons. The van der Waals surface area contributed by atoms with Crippen molar-refractivity contribution < 1.29 is 40.5 Å². The van der Waals surface area contributed by atoms with Gasteiger partial charge in [-0.2, -0.15) is 35.4 Å². The summed E-state index contributed by atoms with van der Waals surface area (Å²) in [5.74, 6) is 0.910. The fraction of sp³-hybridized carbons (Fsp3) is 0.129. The van der Waals surface area contributed by atoms with Crippen LogP contribution in [0.4, 0.5) is 52.0 Å². The number of rotatable bonds is 15. The van der Waals surface area contributed by atoms with E-state index in [0.29, 0.717) is 34.2 Å². The lowest BCUT2D eigenvalue weighted by Gasteiger charge is -2.14. The molecular weight excluding hydrogens is 721 g/mol. The van der Waals surface area contributed by atoms with E-state index in [2.05, 4.69) is 51.4 Å². The van der Waals surface area contributed by atoms with Gasteiger partial charge >= 0.3 is 0 Å². The lowest BCUT2D eigenvalue weighted by atomic mass is 10.2. The molecule has 21 heteroatoms. The predicted molar refractivity (Wildman–Crippen MR) is 185 cm³/mol. The maximum absolute atomic E-state index is 11.3. The number of anilines is 5. The van der Waals surface area contributed by atoms with Crippen molar-refractivity contribution in [1.29, 1.82) is 0 Å². The molecule has 0 aliphatic heterocycles. The van der Waals surface area contributed by atoms with Gasteiger partial charge in [0, 0.05) is 18.7 Å². The number of aliphatic hydroxyl groups excluding tert-OH is 1. The second-order valence-electron chi connectivity index (χ2n) is 10.3. The molecule has 4 N–H and O–H groups in total. The van der Waals surface area contributed by atoms with Gasteiger partial charge in [0.05, 0.1) is 64.7 Å². The Morgan fingerprint density at radius 2 is 1.02 bits per heavy atom. The largest absolute Gasteiger partial charge is 0.744 e. The first kappa shape index (κ1) is 37.1. The van der Waals surface area contributed by atoms with E-state index in [4.69, 9.17) is 9.47 Å². The average molecular weight is 749 g/mol. The molecule has 0 saturated carbocycles. The fourth-order valence-corrected chi connectivity index (χ4v) is 5.32. The van der Waals surface area contributed by atoms with Crippen LogP contribution in [0.2, 0.25) is 0 Å². The van der Waals surface area contributed by atoms with Crippen LogP contribution < -0.4 is 25.4 Å². The van der Waals surface area contributed by atoms with Crippen molar-refractivity contribution in [2.75, 3.05) is 43.3 Å². The van der Waals surface area contributed by atoms with Crippen LogP contribution in [0, 0.1) is 0 Å². The second kappa shape index (κ2) is 16.3. The number of hydrogen-bond acceptors (Lipinski definition) is 19. The number of nitrogens with one attached hydrogen (secondary N) is 3. The average Bonchev–Trinajstić information content (AvgIpc) is 3.12. The SMILES string of the molecule is COc1cc(N=Nc2cccc(S(=O)(=O)[O-])c2)ccc1Nc1nc(NCCO)nc(Nc2ccc(N=Nc3cccc(S(=O)(=O)[O-])c3)cc2OC)n1. The van der Waals surface area contributed by atoms with Gasteiger partial charge in [0.15, 0.2) is 0 Å². The molecule has 0 fully saturated rings. The minimum Gasteiger partial charge on any atom is -0.744 e. The summed E-state index contributed by atoms with van der Waals surface area (Å²) in [7, 11) is -6.45. The van der Waals surface area contributed by atoms with E-state index in [1.165, 1.54) is 50.6 Å². The van der Waals surface area contributed by atoms with Crippen LogP contribution in [-0.4, -0.2) is 73.4 Å². The number of hydrogen-bond donors (Lipinski definition) is 4. The molecule has 4 aromatic carbocycles. The third-order valence-electron chi connectivity index (χ3n) is 6.67. The monoisotopic (exact) mass is 748 g/mol. The van der Waals surface area contributed by atoms with E-state index in [0.717, 1.165) is 12.1 Å². The van der Waals surface area contributed by atoms with E-state index < -0.39 is 30.0 Å². The van der Waals surface area contributed by atoms with Gasteiger partial charge in [-0.25, -0.2) is 16.8 Å². The molecule has 0 bridgehead atoms. The summed E-state index contributed by atoms with van der Waals surface area (Å²) >= 11 is 0. The van der Waals surface area contributed by atoms with Crippen molar-refractivity contribution in [1.82, 2.24) is 15.0 Å². The lowest BCUT2D eigenvalue weighted by molar-refractivity contribution is 0.311. The van der Waals surface area contributed by atoms with Crippen molar-refractivity contribution in [2.45, 2.75) is 9.79 Å². The van der Waals surface area contributed by atoms with E-state index in [9.17, 15) is 31.0 Å². The molecule has 1 aromatic heterocycles. The van der Waals surface area contributed by atoms with E-state index in [-0.39, 0.29) is 42.4 Å². The van der Waals surface area contributed by atoms with Crippen molar-refractivity contribution in [2.24, 2.45) is 20.5 Å². The van der Waals surface area contributed by atoms with Gasteiger partial charge in [-0.05, 0) is 60.7 Å². The van der Waals surface area contributed by atoms with Crippen LogP contribution in [0.25, 0.3) is 0 Å². The van der Waals surface area contributed by atoms with Crippen LogP contribution in [0.15, 0.2) is 115 Å². The smallest absolute Gasteiger partial charge is 0.233 e. The van der Waals surface area contributed by atoms with Gasteiger partial charge in [-0.15, -0.1) is 0 Å². The Bertz CT molecular complexity index is 2200. The Morgan fingerprint density at radius 3 is 1.40 bits per heavy atom. The first-order chi connectivity index (χ1) is 24.8. The number of nitrogens with zero attached hydrogens (tertiary/aromatic N) is 7. The van der Waals surface area contributed by atoms with E-state index in [1.807, 2.05) is 0 Å². The summed E-state index contributed by atoms with van der Waals surface area (Å²) < 4.78 is 79.0. The van der Waals surface area contributed by atoms with Gasteiger partial charge in [-0.3, -0.25) is 0 Å². The first-order valence-corrected chi connectivity index (χ1v) is 17.6. The molecular formula is C31H28N10O9S2-2. The Morgan fingerprint density at radius 1 is 0.615 bits per heavy atom. The number of ether oxygens (including phenoxy) is 2. The van der Waals surface area contributed by atoms with Gasteiger partial charge in [0.25, 0.3) is 0 Å². The van der Waals surface area contributed by atoms with E-state index >= 15 is 0 Å². The normalized spacial score (nSPS) is 11.9. The molecule has 0 aliphatic carbocycles. The molecule has 0 spiro atoms. The third kappa shape index (κ3) is 9.98. The number of aromatic nitrogens is 3. The second-order valence-corrected chi connectivity index (χ2v) is 13.0. The summed E-state index contributed by atoms with van der Waals surface area (Å²) in [4.78, 5) is 12.3. The molecule has 270 valence electrons. The topological polar surface area (TPSA) is 277 Å². The maximum atomic E-state index is 11.3. The van der Waals surface area contributed by atoms with Crippen LogP contribution in [0.1, 0.15) is 0 Å². The molecule has 19 nitrogen and oxygen atoms in total. The molecule has 0 unspecified atom stereocenters. The quantitative estimate of drug-likeness (QED) is 0.0768. The van der Waals surface area contributed by atoms with Crippen molar-refractivity contribution in [3.63, 3.8) is 0 Å². The summed E-state index contributed by atoms with van der Waals surface area (Å²) in [5, 5.41) is 34.6. The highest BCUT2D eigenvalue weighted by Crippen LogP contribution is 2.34. The molecule has 52 heavy (non-hydrogen) atoms. The molecule has 0 amide bonds. The Balaban J connectivity index is 1.37. The summed E-state index contributed by atoms with van der Waals surface area (Å²) in [5.41, 5.74) is 1.86. The third-order valence-corrected chi connectivity index (χ3v) is 8.33. The van der Waals surface area contributed by atoms with Crippen molar-refractivity contribution in [3.05, 3.63) is 84.9 Å². The highest BCUT2D eigenvalue weighted by atomic mass is 32.2. The zero-order valence-corrected chi connectivity index (χ0v) is 28.8. The van der Waals surface area contributed by atoms with Gasteiger partial charge in [0.2, 0.25) is 17.8 Å². The summed E-state index contributed by atoms with van der Waals surface area (Å²) in [6, 6.07) is 19.8. The maximum Gasteiger partial charge on any atom is 0.233 e. The zero-order valence-electron chi connectivity index (χ0n) is 27.2. The number of methoxy groups -OCH3 is 2. The van der Waals surface area contributed by atoms with Crippen LogP contribution in [0.3, 0.4) is 0 Å². The van der Waals surface area contributed by atoms with Crippen LogP contribution >= 0.6 is 0 Å². The highest BCUT2D eigenvalue weighted by molar-refractivity contribution is 7.86. The Labute approximate surface area is 297 Å². The molecule has 1 heterocycles. The number of benzene rings is 4. The molecule has 5 rings (SSSR count). The predicted octanol–water partition coefficient (Wildman–Crippen LogP) is 5.42. The molecule has 0 aliphatic rings. The Kier molecular flexibility index (Phi) is 11.6. The van der Waals surface area contributed by atoms with Gasteiger partial charge < -0.3 is 39.6 Å². The molecule has 5 aromatic rings. The first-order valence-electron chi connectivity index (χ1n) is 14.8. The highest BCUT2D eigenvalue weighted by Gasteiger charge is 2.13. The number of aliphatic hydroxyl groups is 1. The molecule has 0 atom stereocenters. The Hall–Kier alpha value is -6.13. The standard InChI is InChI=1S/C31H30N10O9S2/c1-49-27-17-21(40-38-19-5-3-7-23(15-19)51(43,44)45)9-11-25(27)33-30-35-29(32-13-14-42)36-31(37-30)34-26-12-10-22(18-28(26)50-2)41-39-20-6-4-8-24(16-20)52(46,47)48/h3-12,15-18,42H,13-14H2,1-2H3,(H,43,44,45)(H,46,47,48)(H3,32,33,34,35,36,37)/p-2. The zero-order chi connectivity index (χ0) is 37.3. The minimum atomic E-state index is -4.66. The molecule has 0 saturated heterocycles.